The second kappa shape index (κ2) is 8.90. The molecule has 0 atom stereocenters. The molecule has 3 fully saturated rings. The van der Waals surface area contributed by atoms with Crippen molar-refractivity contribution >= 4 is 11.0 Å². The van der Waals surface area contributed by atoms with Gasteiger partial charge < -0.3 is 19.5 Å². The summed E-state index contributed by atoms with van der Waals surface area (Å²) in [5.41, 5.74) is 3.64. The summed E-state index contributed by atoms with van der Waals surface area (Å²) in [6, 6.07) is 5.65. The monoisotopic (exact) mass is 479 g/mol. The number of quaternary nitrogens is 1. The van der Waals surface area contributed by atoms with Crippen molar-refractivity contribution in [2.75, 3.05) is 20.3 Å². The summed E-state index contributed by atoms with van der Waals surface area (Å²) in [6.07, 6.45) is 12.0. The van der Waals surface area contributed by atoms with Gasteiger partial charge in [0, 0.05) is 37.0 Å². The SMILES string of the molecule is COc1ccc2ncc(F)c(CCC34CCC([NH2+]Cc5cc6c(cn5)OCCO6)(CC3)CC4)c2n1. The maximum atomic E-state index is 14.8. The Morgan fingerprint density at radius 3 is 2.54 bits per heavy atom. The lowest BCUT2D eigenvalue weighted by atomic mass is 9.55. The molecular formula is C27H32FN4O3+. The van der Waals surface area contributed by atoms with Crippen molar-refractivity contribution in [1.29, 1.82) is 0 Å². The fourth-order valence-electron chi connectivity index (χ4n) is 6.21. The van der Waals surface area contributed by atoms with Crippen molar-refractivity contribution in [3.8, 4) is 17.4 Å². The normalized spacial score (nSPS) is 25.1. The Morgan fingerprint density at radius 1 is 1.00 bits per heavy atom. The largest absolute Gasteiger partial charge is 0.486 e. The highest BCUT2D eigenvalue weighted by Gasteiger charge is 2.50. The molecule has 4 heterocycles. The van der Waals surface area contributed by atoms with Crippen molar-refractivity contribution in [2.24, 2.45) is 5.41 Å². The minimum atomic E-state index is -0.268. The first-order valence-electron chi connectivity index (χ1n) is 12.6. The fourth-order valence-corrected chi connectivity index (χ4v) is 6.21. The third-order valence-electron chi connectivity index (χ3n) is 8.54. The Kier molecular flexibility index (Phi) is 5.71. The predicted octanol–water partition coefficient (Wildman–Crippen LogP) is 3.73. The molecular weight excluding hydrogens is 447 g/mol. The molecule has 2 bridgehead atoms. The standard InChI is InChI=1S/C27H31FN4O3/c1-33-24-3-2-21-25(32-24)19(20(28)16-30-21)4-5-26-6-9-27(10-7-26,11-8-26)31-15-18-14-22-23(17-29-18)35-13-12-34-22/h2-3,14,16-17,31H,4-13,15H2,1H3/p+1. The van der Waals surface area contributed by atoms with Gasteiger partial charge in [-0.05, 0) is 43.6 Å². The lowest BCUT2D eigenvalue weighted by molar-refractivity contribution is -0.750. The van der Waals surface area contributed by atoms with E-state index in [1.54, 1.807) is 19.4 Å². The molecule has 3 aliphatic carbocycles. The Balaban J connectivity index is 1.10. The predicted molar refractivity (Wildman–Crippen MR) is 128 cm³/mol. The number of rotatable bonds is 7. The van der Waals surface area contributed by atoms with Crippen LogP contribution >= 0.6 is 0 Å². The molecule has 1 aliphatic heterocycles. The third-order valence-corrected chi connectivity index (χ3v) is 8.54. The lowest BCUT2D eigenvalue weighted by Gasteiger charge is -2.52. The van der Waals surface area contributed by atoms with Gasteiger partial charge in [0.05, 0.1) is 41.8 Å². The van der Waals surface area contributed by atoms with Gasteiger partial charge in [-0.2, -0.15) is 0 Å². The minimum absolute atomic E-state index is 0.268. The molecule has 0 unspecified atom stereocenters. The highest BCUT2D eigenvalue weighted by atomic mass is 19.1. The number of nitrogens with two attached hydrogens (primary N) is 1. The van der Waals surface area contributed by atoms with Crippen molar-refractivity contribution in [3.05, 3.63) is 47.7 Å². The Bertz CT molecular complexity index is 1230. The van der Waals surface area contributed by atoms with E-state index >= 15 is 0 Å². The molecule has 0 amide bonds. The van der Waals surface area contributed by atoms with Crippen LogP contribution in [0, 0.1) is 11.2 Å². The first kappa shape index (κ1) is 22.5. The molecule has 3 aromatic rings. The summed E-state index contributed by atoms with van der Waals surface area (Å²) < 4.78 is 31.4. The molecule has 0 aromatic carbocycles. The van der Waals surface area contributed by atoms with Gasteiger partial charge in [0.25, 0.3) is 0 Å². The topological polar surface area (TPSA) is 83.0 Å². The van der Waals surface area contributed by atoms with Crippen LogP contribution in [0.1, 0.15) is 56.2 Å². The van der Waals surface area contributed by atoms with E-state index in [2.05, 4.69) is 20.3 Å². The number of aryl methyl sites for hydroxylation is 1. The summed E-state index contributed by atoms with van der Waals surface area (Å²) in [7, 11) is 1.58. The van der Waals surface area contributed by atoms with Crippen LogP contribution in [0.15, 0.2) is 30.6 Å². The van der Waals surface area contributed by atoms with Crippen LogP contribution in [0.2, 0.25) is 0 Å². The molecule has 35 heavy (non-hydrogen) atoms. The number of hydrogen-bond donors (Lipinski definition) is 1. The molecule has 0 radical (unpaired) electrons. The Morgan fingerprint density at radius 2 is 1.77 bits per heavy atom. The van der Waals surface area contributed by atoms with Gasteiger partial charge in [-0.1, -0.05) is 0 Å². The number of halogens is 1. The van der Waals surface area contributed by atoms with Gasteiger partial charge in [-0.3, -0.25) is 9.97 Å². The van der Waals surface area contributed by atoms with Gasteiger partial charge in [0.1, 0.15) is 25.6 Å². The maximum absolute atomic E-state index is 14.8. The van der Waals surface area contributed by atoms with Gasteiger partial charge in [0.2, 0.25) is 5.88 Å². The van der Waals surface area contributed by atoms with Gasteiger partial charge in [0.15, 0.2) is 11.5 Å². The second-order valence-electron chi connectivity index (χ2n) is 10.4. The zero-order valence-corrected chi connectivity index (χ0v) is 20.2. The molecule has 7 rings (SSSR count). The number of methoxy groups -OCH3 is 1. The number of aromatic nitrogens is 3. The van der Waals surface area contributed by atoms with Crippen LogP contribution in [0.3, 0.4) is 0 Å². The van der Waals surface area contributed by atoms with E-state index in [9.17, 15) is 4.39 Å². The summed E-state index contributed by atoms with van der Waals surface area (Å²) in [5, 5.41) is 2.50. The first-order chi connectivity index (χ1) is 17.1. The minimum Gasteiger partial charge on any atom is -0.486 e. The summed E-state index contributed by atoms with van der Waals surface area (Å²) in [5.74, 6) is 1.77. The third kappa shape index (κ3) is 4.29. The Labute approximate surface area is 204 Å². The number of pyridine rings is 3. The molecule has 0 saturated heterocycles. The van der Waals surface area contributed by atoms with Gasteiger partial charge in [-0.15, -0.1) is 0 Å². The van der Waals surface area contributed by atoms with Crippen LogP contribution in [-0.4, -0.2) is 40.8 Å². The smallest absolute Gasteiger partial charge is 0.213 e. The van der Waals surface area contributed by atoms with Crippen molar-refractivity contribution in [2.45, 2.75) is 63.5 Å². The van der Waals surface area contributed by atoms with Crippen LogP contribution in [0.4, 0.5) is 4.39 Å². The molecule has 3 aromatic heterocycles. The fraction of sp³-hybridized carbons (Fsp3) is 0.519. The van der Waals surface area contributed by atoms with Gasteiger partial charge in [-0.25, -0.2) is 9.37 Å². The molecule has 7 nitrogen and oxygen atoms in total. The molecule has 3 saturated carbocycles. The van der Waals surface area contributed by atoms with Gasteiger partial charge >= 0.3 is 0 Å². The van der Waals surface area contributed by atoms with E-state index < -0.39 is 0 Å². The first-order valence-corrected chi connectivity index (χ1v) is 12.6. The number of ether oxygens (including phenoxy) is 3. The zero-order valence-electron chi connectivity index (χ0n) is 20.2. The molecule has 0 spiro atoms. The highest BCUT2D eigenvalue weighted by Crippen LogP contribution is 2.53. The average Bonchev–Trinajstić information content (AvgIpc) is 2.92. The lowest BCUT2D eigenvalue weighted by Crippen LogP contribution is -2.97. The van der Waals surface area contributed by atoms with E-state index in [0.29, 0.717) is 53.1 Å². The van der Waals surface area contributed by atoms with Crippen LogP contribution in [0.25, 0.3) is 11.0 Å². The Hall–Kier alpha value is -3.00. The summed E-state index contributed by atoms with van der Waals surface area (Å²) >= 11 is 0. The van der Waals surface area contributed by atoms with Crippen molar-refractivity contribution in [3.63, 3.8) is 0 Å². The van der Waals surface area contributed by atoms with E-state index in [-0.39, 0.29) is 5.82 Å². The van der Waals surface area contributed by atoms with E-state index in [1.165, 1.54) is 44.7 Å². The van der Waals surface area contributed by atoms with Crippen LogP contribution < -0.4 is 19.5 Å². The molecule has 184 valence electrons. The van der Waals surface area contributed by atoms with E-state index in [4.69, 9.17) is 14.2 Å². The maximum Gasteiger partial charge on any atom is 0.213 e. The molecule has 2 N–H and O–H groups in total. The van der Waals surface area contributed by atoms with E-state index in [1.807, 2.05) is 12.1 Å². The zero-order chi connectivity index (χ0) is 23.9. The highest BCUT2D eigenvalue weighted by molar-refractivity contribution is 5.78. The van der Waals surface area contributed by atoms with Crippen molar-refractivity contribution < 1.29 is 23.9 Å². The quantitative estimate of drug-likeness (QED) is 0.556. The average molecular weight is 480 g/mol. The summed E-state index contributed by atoms with van der Waals surface area (Å²) in [4.78, 5) is 13.3. The van der Waals surface area contributed by atoms with Crippen molar-refractivity contribution in [1.82, 2.24) is 15.0 Å². The van der Waals surface area contributed by atoms with Crippen LogP contribution in [-0.2, 0) is 13.0 Å². The van der Waals surface area contributed by atoms with Crippen LogP contribution in [0.5, 0.6) is 17.4 Å². The van der Waals surface area contributed by atoms with E-state index in [0.717, 1.165) is 30.2 Å². The second-order valence-corrected chi connectivity index (χ2v) is 10.4. The summed E-state index contributed by atoms with van der Waals surface area (Å²) in [6.45, 7) is 2.03. The number of nitrogens with zero attached hydrogens (tertiary/aromatic N) is 3. The molecule has 8 heteroatoms. The number of fused-ring (bicyclic) bond motifs is 5. The molecule has 4 aliphatic rings. The number of hydrogen-bond acceptors (Lipinski definition) is 6.